The number of carbonyl (C=O) groups is 2. The highest BCUT2D eigenvalue weighted by Crippen LogP contribution is 2.22. The Labute approximate surface area is 176 Å². The van der Waals surface area contributed by atoms with Gasteiger partial charge in [-0.2, -0.15) is 5.26 Å². The molecule has 0 saturated carbocycles. The molecule has 0 radical (unpaired) electrons. The van der Waals surface area contributed by atoms with E-state index in [2.05, 4.69) is 11.1 Å². The lowest BCUT2D eigenvalue weighted by Gasteiger charge is -2.37. The predicted molar refractivity (Wildman–Crippen MR) is 112 cm³/mol. The third-order valence-corrected chi connectivity index (χ3v) is 5.11. The Balaban J connectivity index is 1.60. The van der Waals surface area contributed by atoms with Crippen LogP contribution in [0.5, 0.6) is 5.75 Å². The highest BCUT2D eigenvalue weighted by Gasteiger charge is 2.32. The van der Waals surface area contributed by atoms with Gasteiger partial charge in [-0.25, -0.2) is 0 Å². The van der Waals surface area contributed by atoms with Crippen molar-refractivity contribution in [1.29, 1.82) is 5.26 Å². The Hall–Kier alpha value is -3.40. The molecule has 156 valence electrons. The minimum absolute atomic E-state index is 0.0143. The molecule has 1 unspecified atom stereocenters. The van der Waals surface area contributed by atoms with Gasteiger partial charge in [0.25, 0.3) is 5.91 Å². The van der Waals surface area contributed by atoms with Gasteiger partial charge in [-0.05, 0) is 30.2 Å². The number of piperazine rings is 1. The minimum Gasteiger partial charge on any atom is -0.479 e. The van der Waals surface area contributed by atoms with Crippen molar-refractivity contribution in [2.24, 2.45) is 5.92 Å². The van der Waals surface area contributed by atoms with Crippen molar-refractivity contribution in [2.45, 2.75) is 26.4 Å². The molecule has 1 fully saturated rings. The monoisotopic (exact) mass is 406 g/mol. The molecule has 2 aromatic rings. The van der Waals surface area contributed by atoms with E-state index in [0.29, 0.717) is 37.5 Å². The first-order valence-electron chi connectivity index (χ1n) is 10.1. The zero-order chi connectivity index (χ0) is 21.5. The van der Waals surface area contributed by atoms with Gasteiger partial charge in [0.2, 0.25) is 5.91 Å². The van der Waals surface area contributed by atoms with Crippen LogP contribution < -0.4 is 4.74 Å². The van der Waals surface area contributed by atoms with Crippen molar-refractivity contribution < 1.29 is 14.3 Å². The van der Waals surface area contributed by atoms with Crippen LogP contribution in [0.3, 0.4) is 0 Å². The number of carbonyl (C=O) groups excluding carboxylic acids is 2. The van der Waals surface area contributed by atoms with Gasteiger partial charge in [-0.3, -0.25) is 14.6 Å². The van der Waals surface area contributed by atoms with E-state index in [4.69, 9.17) is 4.74 Å². The Kier molecular flexibility index (Phi) is 7.02. The van der Waals surface area contributed by atoms with E-state index in [-0.39, 0.29) is 24.2 Å². The van der Waals surface area contributed by atoms with Gasteiger partial charge >= 0.3 is 0 Å². The Morgan fingerprint density at radius 2 is 1.73 bits per heavy atom. The van der Waals surface area contributed by atoms with Crippen LogP contribution in [-0.4, -0.2) is 58.9 Å². The van der Waals surface area contributed by atoms with E-state index in [1.807, 2.05) is 32.0 Å². The van der Waals surface area contributed by atoms with Crippen molar-refractivity contribution in [3.63, 3.8) is 0 Å². The standard InChI is InChI=1S/C23H26N4O3/c1-17(2)22(30-20-9-4-3-7-18(20)16-24)23(29)27-13-11-26(12-14-27)21(28)15-19-8-5-6-10-25-19/h3-10,17,22H,11-15H2,1-2H3. The first-order chi connectivity index (χ1) is 14.5. The maximum atomic E-state index is 13.1. The number of hydrogen-bond acceptors (Lipinski definition) is 5. The average Bonchev–Trinajstić information content (AvgIpc) is 2.77. The van der Waals surface area contributed by atoms with Crippen LogP contribution in [0, 0.1) is 17.2 Å². The van der Waals surface area contributed by atoms with Crippen molar-refractivity contribution in [1.82, 2.24) is 14.8 Å². The number of nitrogens with zero attached hydrogens (tertiary/aromatic N) is 4. The molecule has 1 atom stereocenters. The van der Waals surface area contributed by atoms with Crippen molar-refractivity contribution >= 4 is 11.8 Å². The van der Waals surface area contributed by atoms with Gasteiger partial charge in [0.1, 0.15) is 11.8 Å². The van der Waals surface area contributed by atoms with Crippen molar-refractivity contribution in [2.75, 3.05) is 26.2 Å². The largest absolute Gasteiger partial charge is 0.479 e. The number of hydrogen-bond donors (Lipinski definition) is 0. The molecule has 7 heteroatoms. The highest BCUT2D eigenvalue weighted by atomic mass is 16.5. The SMILES string of the molecule is CC(C)C(Oc1ccccc1C#N)C(=O)N1CCN(C(=O)Cc2ccccn2)CC1. The van der Waals surface area contributed by atoms with Crippen LogP contribution >= 0.6 is 0 Å². The number of rotatable bonds is 6. The average molecular weight is 406 g/mol. The second-order valence-corrected chi connectivity index (χ2v) is 7.59. The van der Waals surface area contributed by atoms with Gasteiger partial charge in [-0.1, -0.05) is 32.0 Å². The fourth-order valence-electron chi connectivity index (χ4n) is 3.40. The van der Waals surface area contributed by atoms with Crippen LogP contribution in [-0.2, 0) is 16.0 Å². The highest BCUT2D eigenvalue weighted by molar-refractivity contribution is 5.82. The Morgan fingerprint density at radius 1 is 1.07 bits per heavy atom. The van der Waals surface area contributed by atoms with E-state index in [9.17, 15) is 14.9 Å². The summed E-state index contributed by atoms with van der Waals surface area (Å²) in [4.78, 5) is 33.4. The maximum absolute atomic E-state index is 13.1. The van der Waals surface area contributed by atoms with Gasteiger partial charge in [0.05, 0.1) is 12.0 Å². The second-order valence-electron chi connectivity index (χ2n) is 7.59. The van der Waals surface area contributed by atoms with E-state index >= 15 is 0 Å². The molecule has 0 bridgehead atoms. The normalized spacial score (nSPS) is 14.9. The van der Waals surface area contributed by atoms with Gasteiger partial charge in [-0.15, -0.1) is 0 Å². The van der Waals surface area contributed by atoms with E-state index < -0.39 is 6.10 Å². The zero-order valence-corrected chi connectivity index (χ0v) is 17.3. The van der Waals surface area contributed by atoms with E-state index in [1.165, 1.54) is 0 Å². The molecule has 1 aromatic carbocycles. The molecule has 7 nitrogen and oxygen atoms in total. The molecule has 1 aliphatic rings. The van der Waals surface area contributed by atoms with Crippen LogP contribution in [0.25, 0.3) is 0 Å². The summed E-state index contributed by atoms with van der Waals surface area (Å²) >= 11 is 0. The first-order valence-corrected chi connectivity index (χ1v) is 10.1. The number of benzene rings is 1. The van der Waals surface area contributed by atoms with Crippen LogP contribution in [0.4, 0.5) is 0 Å². The first kappa shape index (κ1) is 21.3. The summed E-state index contributed by atoms with van der Waals surface area (Å²) in [6, 6.07) is 14.5. The van der Waals surface area contributed by atoms with E-state index in [1.54, 1.807) is 40.3 Å². The summed E-state index contributed by atoms with van der Waals surface area (Å²) < 4.78 is 5.96. The lowest BCUT2D eigenvalue weighted by Crippen LogP contribution is -2.54. The molecular formula is C23H26N4O3. The lowest BCUT2D eigenvalue weighted by atomic mass is 10.0. The summed E-state index contributed by atoms with van der Waals surface area (Å²) in [5.41, 5.74) is 1.14. The number of aromatic nitrogens is 1. The third kappa shape index (κ3) is 5.15. The lowest BCUT2D eigenvalue weighted by molar-refractivity contribution is -0.145. The molecule has 1 aliphatic heterocycles. The topological polar surface area (TPSA) is 86.5 Å². The molecule has 0 spiro atoms. The Morgan fingerprint density at radius 3 is 2.37 bits per heavy atom. The summed E-state index contributed by atoms with van der Waals surface area (Å²) in [7, 11) is 0. The van der Waals surface area contributed by atoms with Gasteiger partial charge < -0.3 is 14.5 Å². The van der Waals surface area contributed by atoms with Crippen LogP contribution in [0.2, 0.25) is 0 Å². The summed E-state index contributed by atoms with van der Waals surface area (Å²) in [6.07, 6.45) is 1.25. The summed E-state index contributed by atoms with van der Waals surface area (Å²) in [5, 5.41) is 9.28. The molecule has 30 heavy (non-hydrogen) atoms. The summed E-state index contributed by atoms with van der Waals surface area (Å²) in [5.74, 6) is 0.249. The Bertz CT molecular complexity index is 916. The van der Waals surface area contributed by atoms with Gasteiger partial charge in [0, 0.05) is 38.1 Å². The summed E-state index contributed by atoms with van der Waals surface area (Å²) in [6.45, 7) is 5.72. The molecule has 0 N–H and O–H groups in total. The molecule has 3 rings (SSSR count). The fraction of sp³-hybridized carbons (Fsp3) is 0.391. The smallest absolute Gasteiger partial charge is 0.264 e. The number of nitriles is 1. The number of amides is 2. The second kappa shape index (κ2) is 9.88. The van der Waals surface area contributed by atoms with E-state index in [0.717, 1.165) is 5.69 Å². The maximum Gasteiger partial charge on any atom is 0.264 e. The fourth-order valence-corrected chi connectivity index (χ4v) is 3.40. The van der Waals surface area contributed by atoms with Gasteiger partial charge in [0.15, 0.2) is 6.10 Å². The quantitative estimate of drug-likeness (QED) is 0.735. The zero-order valence-electron chi connectivity index (χ0n) is 17.3. The molecule has 1 saturated heterocycles. The minimum atomic E-state index is -0.685. The number of ether oxygens (including phenoxy) is 1. The molecular weight excluding hydrogens is 380 g/mol. The molecule has 1 aromatic heterocycles. The number of pyridine rings is 1. The molecule has 2 amide bonds. The van der Waals surface area contributed by atoms with Crippen LogP contribution in [0.1, 0.15) is 25.1 Å². The molecule has 0 aliphatic carbocycles. The van der Waals surface area contributed by atoms with Crippen LogP contribution in [0.15, 0.2) is 48.7 Å². The predicted octanol–water partition coefficient (Wildman–Crippen LogP) is 2.27. The van der Waals surface area contributed by atoms with Crippen molar-refractivity contribution in [3.8, 4) is 11.8 Å². The number of para-hydroxylation sites is 1. The molecule has 2 heterocycles. The van der Waals surface area contributed by atoms with Crippen molar-refractivity contribution in [3.05, 3.63) is 59.9 Å². The third-order valence-electron chi connectivity index (χ3n) is 5.11.